The van der Waals surface area contributed by atoms with Gasteiger partial charge in [-0.2, -0.15) is 0 Å². The van der Waals surface area contributed by atoms with Gasteiger partial charge in [0.05, 0.1) is 17.2 Å². The van der Waals surface area contributed by atoms with Crippen molar-refractivity contribution in [3.05, 3.63) is 40.4 Å². The van der Waals surface area contributed by atoms with Gasteiger partial charge in [-0.15, -0.1) is 0 Å². The first-order valence-corrected chi connectivity index (χ1v) is 5.13. The Morgan fingerprint density at radius 3 is 2.67 bits per heavy atom. The van der Waals surface area contributed by atoms with E-state index in [0.717, 1.165) is 11.1 Å². The van der Waals surface area contributed by atoms with Gasteiger partial charge in [0.15, 0.2) is 0 Å². The van der Waals surface area contributed by atoms with E-state index >= 15 is 0 Å². The molecule has 0 bridgehead atoms. The average molecular weight is 204 g/mol. The Bertz CT molecular complexity index is 488. The fourth-order valence-electron chi connectivity index (χ4n) is 1.18. The minimum atomic E-state index is -0.0799. The van der Waals surface area contributed by atoms with E-state index in [1.165, 1.54) is 12.7 Å². The molecule has 3 nitrogen and oxygen atoms in total. The lowest BCUT2D eigenvalue weighted by Gasteiger charge is -1.95. The van der Waals surface area contributed by atoms with Crippen LogP contribution >= 0.6 is 0 Å². The van der Waals surface area contributed by atoms with Crippen LogP contribution in [-0.4, -0.2) is 9.97 Å². The second kappa shape index (κ2) is 5.29. The van der Waals surface area contributed by atoms with Crippen LogP contribution in [0.1, 0.15) is 25.8 Å². The van der Waals surface area contributed by atoms with Gasteiger partial charge < -0.3 is 4.98 Å². The van der Waals surface area contributed by atoms with Gasteiger partial charge in [-0.25, -0.2) is 4.98 Å². The second-order valence-electron chi connectivity index (χ2n) is 3.46. The van der Waals surface area contributed by atoms with Crippen molar-refractivity contribution in [2.45, 2.75) is 27.2 Å². The molecule has 80 valence electrons. The lowest BCUT2D eigenvalue weighted by Crippen LogP contribution is -2.05. The minimum absolute atomic E-state index is 0.0799. The zero-order valence-electron chi connectivity index (χ0n) is 9.37. The van der Waals surface area contributed by atoms with Crippen molar-refractivity contribution < 1.29 is 0 Å². The molecule has 0 spiro atoms. The SMILES string of the molecule is CCC.Cc1ccc2nc[nH]c(=O)c2c1. The van der Waals surface area contributed by atoms with Crippen LogP contribution in [-0.2, 0) is 0 Å². The summed E-state index contributed by atoms with van der Waals surface area (Å²) in [4.78, 5) is 17.8. The van der Waals surface area contributed by atoms with Crippen LogP contribution in [0.25, 0.3) is 10.9 Å². The van der Waals surface area contributed by atoms with Crippen molar-refractivity contribution in [2.75, 3.05) is 0 Å². The van der Waals surface area contributed by atoms with Crippen LogP contribution < -0.4 is 5.56 Å². The highest BCUT2D eigenvalue weighted by molar-refractivity contribution is 5.77. The highest BCUT2D eigenvalue weighted by Gasteiger charge is 1.97. The zero-order valence-corrected chi connectivity index (χ0v) is 9.37. The molecule has 2 rings (SSSR count). The lowest BCUT2D eigenvalue weighted by atomic mass is 10.2. The number of hydrogen-bond donors (Lipinski definition) is 1. The minimum Gasteiger partial charge on any atom is -0.313 e. The third-order valence-corrected chi connectivity index (χ3v) is 1.80. The van der Waals surface area contributed by atoms with Crippen LogP contribution in [0.4, 0.5) is 0 Å². The summed E-state index contributed by atoms with van der Waals surface area (Å²) in [7, 11) is 0. The van der Waals surface area contributed by atoms with E-state index in [1.807, 2.05) is 25.1 Å². The van der Waals surface area contributed by atoms with Crippen LogP contribution in [0.3, 0.4) is 0 Å². The van der Waals surface area contributed by atoms with Gasteiger partial charge in [0, 0.05) is 0 Å². The largest absolute Gasteiger partial charge is 0.313 e. The molecule has 0 amide bonds. The van der Waals surface area contributed by atoms with Crippen molar-refractivity contribution in [3.63, 3.8) is 0 Å². The van der Waals surface area contributed by atoms with Crippen LogP contribution in [0.15, 0.2) is 29.3 Å². The van der Waals surface area contributed by atoms with Gasteiger partial charge in [0.1, 0.15) is 0 Å². The molecule has 15 heavy (non-hydrogen) atoms. The molecular formula is C12H16N2O. The van der Waals surface area contributed by atoms with Crippen molar-refractivity contribution >= 4 is 10.9 Å². The van der Waals surface area contributed by atoms with E-state index < -0.39 is 0 Å². The Morgan fingerprint density at radius 1 is 1.33 bits per heavy atom. The smallest absolute Gasteiger partial charge is 0.258 e. The van der Waals surface area contributed by atoms with Gasteiger partial charge in [-0.3, -0.25) is 4.79 Å². The van der Waals surface area contributed by atoms with Crippen molar-refractivity contribution in [1.82, 2.24) is 9.97 Å². The summed E-state index contributed by atoms with van der Waals surface area (Å²) < 4.78 is 0. The molecule has 0 saturated carbocycles. The molecule has 1 aromatic carbocycles. The number of aryl methyl sites for hydroxylation is 1. The number of nitrogens with zero attached hydrogens (tertiary/aromatic N) is 1. The highest BCUT2D eigenvalue weighted by Crippen LogP contribution is 2.07. The molecule has 3 heteroatoms. The molecular weight excluding hydrogens is 188 g/mol. The normalized spacial score (nSPS) is 9.53. The Kier molecular flexibility index (Phi) is 4.03. The fourth-order valence-corrected chi connectivity index (χ4v) is 1.18. The van der Waals surface area contributed by atoms with E-state index in [-0.39, 0.29) is 5.56 Å². The maximum Gasteiger partial charge on any atom is 0.258 e. The number of fused-ring (bicyclic) bond motifs is 1. The van der Waals surface area contributed by atoms with Crippen LogP contribution in [0, 0.1) is 6.92 Å². The molecule has 0 radical (unpaired) electrons. The van der Waals surface area contributed by atoms with Crippen molar-refractivity contribution in [1.29, 1.82) is 0 Å². The summed E-state index contributed by atoms with van der Waals surface area (Å²) in [5, 5.41) is 0.650. The van der Waals surface area contributed by atoms with Gasteiger partial charge in [-0.1, -0.05) is 31.9 Å². The Labute approximate surface area is 89.2 Å². The quantitative estimate of drug-likeness (QED) is 0.717. The molecule has 1 heterocycles. The number of aromatic amines is 1. The summed E-state index contributed by atoms with van der Waals surface area (Å²) in [5.41, 5.74) is 1.73. The lowest BCUT2D eigenvalue weighted by molar-refractivity contribution is 1.09. The molecule has 0 aliphatic rings. The Hall–Kier alpha value is -1.64. The topological polar surface area (TPSA) is 45.8 Å². The Morgan fingerprint density at radius 2 is 2.00 bits per heavy atom. The average Bonchev–Trinajstić information content (AvgIpc) is 2.21. The van der Waals surface area contributed by atoms with Gasteiger partial charge in [0.25, 0.3) is 5.56 Å². The third kappa shape index (κ3) is 2.91. The summed E-state index contributed by atoms with van der Waals surface area (Å²) in [6, 6.07) is 5.62. The highest BCUT2D eigenvalue weighted by atomic mass is 16.1. The first-order valence-electron chi connectivity index (χ1n) is 5.13. The predicted octanol–water partition coefficient (Wildman–Crippen LogP) is 2.65. The molecule has 1 N–H and O–H groups in total. The molecule has 0 aliphatic heterocycles. The number of nitrogens with one attached hydrogen (secondary N) is 1. The van der Waals surface area contributed by atoms with Gasteiger partial charge in [0.2, 0.25) is 0 Å². The summed E-state index contributed by atoms with van der Waals surface area (Å²) in [6.07, 6.45) is 2.67. The molecule has 0 aliphatic carbocycles. The molecule has 1 aromatic heterocycles. The summed E-state index contributed by atoms with van der Waals surface area (Å²) in [5.74, 6) is 0. The van der Waals surface area contributed by atoms with Crippen molar-refractivity contribution in [3.8, 4) is 0 Å². The molecule has 2 aromatic rings. The van der Waals surface area contributed by atoms with Crippen LogP contribution in [0.2, 0.25) is 0 Å². The summed E-state index contributed by atoms with van der Waals surface area (Å²) in [6.45, 7) is 6.20. The van der Waals surface area contributed by atoms with Crippen molar-refractivity contribution in [2.24, 2.45) is 0 Å². The molecule has 0 unspecified atom stereocenters. The number of aromatic nitrogens is 2. The standard InChI is InChI=1S/C9H8N2O.C3H8/c1-6-2-3-8-7(4-6)9(12)11-5-10-8;1-3-2/h2-5H,1H3,(H,10,11,12);3H2,1-2H3. The fraction of sp³-hybridized carbons (Fsp3) is 0.333. The number of rotatable bonds is 0. The molecule has 0 atom stereocenters. The maximum absolute atomic E-state index is 11.2. The first-order chi connectivity index (χ1) is 7.19. The predicted molar refractivity (Wildman–Crippen MR) is 63.1 cm³/mol. The van der Waals surface area contributed by atoms with E-state index in [0.29, 0.717) is 5.39 Å². The number of hydrogen-bond acceptors (Lipinski definition) is 2. The summed E-state index contributed by atoms with van der Waals surface area (Å²) >= 11 is 0. The van der Waals surface area contributed by atoms with E-state index in [1.54, 1.807) is 0 Å². The maximum atomic E-state index is 11.2. The van der Waals surface area contributed by atoms with E-state index in [9.17, 15) is 4.79 Å². The molecule has 0 saturated heterocycles. The molecule has 0 fully saturated rings. The van der Waals surface area contributed by atoms with E-state index in [4.69, 9.17) is 0 Å². The second-order valence-corrected chi connectivity index (χ2v) is 3.46. The Balaban J connectivity index is 0.000000337. The number of benzene rings is 1. The number of H-pyrrole nitrogens is 1. The van der Waals surface area contributed by atoms with Gasteiger partial charge in [-0.05, 0) is 19.1 Å². The third-order valence-electron chi connectivity index (χ3n) is 1.80. The van der Waals surface area contributed by atoms with E-state index in [2.05, 4.69) is 23.8 Å². The van der Waals surface area contributed by atoms with Crippen LogP contribution in [0.5, 0.6) is 0 Å². The zero-order chi connectivity index (χ0) is 11.3. The monoisotopic (exact) mass is 204 g/mol. The van der Waals surface area contributed by atoms with Gasteiger partial charge >= 0.3 is 0 Å². The first kappa shape index (κ1) is 11.4.